The van der Waals surface area contributed by atoms with Crippen molar-refractivity contribution >= 4 is 23.6 Å². The molecule has 0 unspecified atom stereocenters. The molecule has 0 fully saturated rings. The summed E-state index contributed by atoms with van der Waals surface area (Å²) >= 11 is 1.37. The van der Waals surface area contributed by atoms with Crippen molar-refractivity contribution in [3.05, 3.63) is 59.7 Å². The van der Waals surface area contributed by atoms with Crippen molar-refractivity contribution < 1.29 is 14.3 Å². The van der Waals surface area contributed by atoms with E-state index in [9.17, 15) is 14.9 Å². The fraction of sp³-hybridized carbons (Fsp3) is 0.250. The van der Waals surface area contributed by atoms with Crippen LogP contribution in [0.1, 0.15) is 36.2 Å². The lowest BCUT2D eigenvalue weighted by Gasteiger charge is -2.11. The minimum absolute atomic E-state index is 0.122. The number of carbonyl (C=O) groups excluding carboxylic acids is 2. The van der Waals surface area contributed by atoms with Gasteiger partial charge in [0, 0.05) is 16.3 Å². The summed E-state index contributed by atoms with van der Waals surface area (Å²) in [6.45, 7) is 3.77. The first kappa shape index (κ1) is 19.5. The number of nitriles is 1. The summed E-state index contributed by atoms with van der Waals surface area (Å²) in [5.41, 5.74) is 1.06. The first-order valence-electron chi connectivity index (χ1n) is 8.25. The van der Waals surface area contributed by atoms with Crippen LogP contribution >= 0.6 is 11.8 Å². The molecule has 0 aliphatic carbocycles. The van der Waals surface area contributed by atoms with E-state index in [-0.39, 0.29) is 30.9 Å². The molecule has 0 radical (unpaired) electrons. The molecule has 2 rings (SSSR count). The lowest BCUT2D eigenvalue weighted by Crippen LogP contribution is -2.27. The van der Waals surface area contributed by atoms with Gasteiger partial charge in [-0.1, -0.05) is 36.0 Å². The Balaban J connectivity index is 2.05. The minimum atomic E-state index is -0.342. The number of carbonyl (C=O) groups is 2. The fourth-order valence-electron chi connectivity index (χ4n) is 2.20. The number of nitrogens with zero attached hydrogens (tertiary/aromatic N) is 1. The van der Waals surface area contributed by atoms with Crippen LogP contribution in [0.2, 0.25) is 0 Å². The minimum Gasteiger partial charge on any atom is -0.463 e. The van der Waals surface area contributed by atoms with E-state index < -0.39 is 0 Å². The molecule has 26 heavy (non-hydrogen) atoms. The lowest BCUT2D eigenvalue weighted by molar-refractivity contribution is -0.147. The molecular weight excluding hydrogens is 348 g/mol. The van der Waals surface area contributed by atoms with Gasteiger partial charge in [-0.05, 0) is 38.1 Å². The Bertz CT molecular complexity index is 828. The first-order valence-corrected chi connectivity index (χ1v) is 9.06. The summed E-state index contributed by atoms with van der Waals surface area (Å²) in [7, 11) is 0. The van der Waals surface area contributed by atoms with E-state index in [1.807, 2.05) is 24.3 Å². The van der Waals surface area contributed by atoms with Crippen LogP contribution in [0.4, 0.5) is 0 Å². The smallest absolute Gasteiger partial charge is 0.307 e. The van der Waals surface area contributed by atoms with Crippen molar-refractivity contribution in [1.29, 1.82) is 5.26 Å². The van der Waals surface area contributed by atoms with Crippen molar-refractivity contribution in [1.82, 2.24) is 5.32 Å². The molecule has 0 spiro atoms. The molecule has 0 heterocycles. The Labute approximate surface area is 157 Å². The van der Waals surface area contributed by atoms with Crippen LogP contribution in [0.15, 0.2) is 58.3 Å². The number of hydrogen-bond acceptors (Lipinski definition) is 5. The zero-order valence-electron chi connectivity index (χ0n) is 14.7. The highest BCUT2D eigenvalue weighted by molar-refractivity contribution is 7.99. The average Bonchev–Trinajstić information content (AvgIpc) is 2.62. The van der Waals surface area contributed by atoms with Crippen molar-refractivity contribution in [2.75, 3.05) is 6.54 Å². The van der Waals surface area contributed by atoms with Crippen LogP contribution in [0.25, 0.3) is 0 Å². The molecule has 2 aromatic carbocycles. The first-order chi connectivity index (χ1) is 12.5. The van der Waals surface area contributed by atoms with Gasteiger partial charge >= 0.3 is 5.97 Å². The normalized spacial score (nSPS) is 10.2. The highest BCUT2D eigenvalue weighted by Crippen LogP contribution is 2.32. The Kier molecular flexibility index (Phi) is 7.24. The van der Waals surface area contributed by atoms with E-state index >= 15 is 0 Å². The number of benzene rings is 2. The van der Waals surface area contributed by atoms with E-state index in [2.05, 4.69) is 11.4 Å². The molecule has 0 bridgehead atoms. The van der Waals surface area contributed by atoms with Gasteiger partial charge in [0.2, 0.25) is 0 Å². The number of amides is 1. The van der Waals surface area contributed by atoms with Gasteiger partial charge in [-0.25, -0.2) is 0 Å². The van der Waals surface area contributed by atoms with Crippen molar-refractivity contribution in [3.63, 3.8) is 0 Å². The third-order valence-corrected chi connectivity index (χ3v) is 4.49. The van der Waals surface area contributed by atoms with Gasteiger partial charge in [-0.15, -0.1) is 0 Å². The number of esters is 1. The van der Waals surface area contributed by atoms with Gasteiger partial charge < -0.3 is 10.1 Å². The Hall–Kier alpha value is -2.78. The molecule has 1 amide bonds. The number of ether oxygens (including phenoxy) is 1. The highest BCUT2D eigenvalue weighted by Gasteiger charge is 2.14. The van der Waals surface area contributed by atoms with Crippen LogP contribution in [-0.2, 0) is 9.53 Å². The van der Waals surface area contributed by atoms with Crippen LogP contribution in [0.5, 0.6) is 0 Å². The molecule has 0 saturated heterocycles. The quantitative estimate of drug-likeness (QED) is 0.753. The predicted molar refractivity (Wildman–Crippen MR) is 99.9 cm³/mol. The van der Waals surface area contributed by atoms with Crippen LogP contribution in [0.3, 0.4) is 0 Å². The van der Waals surface area contributed by atoms with Gasteiger partial charge in [0.25, 0.3) is 5.91 Å². The molecule has 5 nitrogen and oxygen atoms in total. The topological polar surface area (TPSA) is 79.2 Å². The van der Waals surface area contributed by atoms with Gasteiger partial charge in [-0.2, -0.15) is 5.26 Å². The van der Waals surface area contributed by atoms with Gasteiger partial charge in [0.1, 0.15) is 6.07 Å². The second-order valence-electron chi connectivity index (χ2n) is 5.75. The molecule has 2 aromatic rings. The predicted octanol–water partition coefficient (Wildman–Crippen LogP) is 3.78. The maximum atomic E-state index is 12.5. The number of rotatable bonds is 7. The standard InChI is InChI=1S/C20H20N2O3S/c1-14(2)25-19(23)11-12-22-20(24)16-8-4-6-10-18(16)26-17-9-5-3-7-15(17)13-21/h3-10,14H,11-12H2,1-2H3,(H,22,24). The van der Waals surface area contributed by atoms with Gasteiger partial charge in [-0.3, -0.25) is 9.59 Å². The average molecular weight is 368 g/mol. The van der Waals surface area contributed by atoms with Crippen LogP contribution < -0.4 is 5.32 Å². The van der Waals surface area contributed by atoms with E-state index in [1.165, 1.54) is 11.8 Å². The monoisotopic (exact) mass is 368 g/mol. The van der Waals surface area contributed by atoms with Crippen LogP contribution in [0, 0.1) is 11.3 Å². The SMILES string of the molecule is CC(C)OC(=O)CCNC(=O)c1ccccc1Sc1ccccc1C#N. The molecule has 0 aliphatic heterocycles. The zero-order chi connectivity index (χ0) is 18.9. The number of hydrogen-bond donors (Lipinski definition) is 1. The van der Waals surface area contributed by atoms with Gasteiger partial charge in [0.05, 0.1) is 23.7 Å². The molecule has 0 atom stereocenters. The summed E-state index contributed by atoms with van der Waals surface area (Å²) in [6, 6.07) is 16.6. The molecule has 0 aliphatic rings. The third kappa shape index (κ3) is 5.64. The fourth-order valence-corrected chi connectivity index (χ4v) is 3.23. The van der Waals surface area contributed by atoms with Crippen molar-refractivity contribution in [2.45, 2.75) is 36.2 Å². The summed E-state index contributed by atoms with van der Waals surface area (Å²) in [6.07, 6.45) is -0.0493. The Morgan fingerprint density at radius 1 is 1.12 bits per heavy atom. The van der Waals surface area contributed by atoms with E-state index in [0.29, 0.717) is 11.1 Å². The summed E-state index contributed by atoms with van der Waals surface area (Å²) < 4.78 is 5.04. The largest absolute Gasteiger partial charge is 0.463 e. The van der Waals surface area contributed by atoms with Crippen molar-refractivity contribution in [3.8, 4) is 6.07 Å². The van der Waals surface area contributed by atoms with Gasteiger partial charge in [0.15, 0.2) is 0 Å². The van der Waals surface area contributed by atoms with Crippen LogP contribution in [-0.4, -0.2) is 24.5 Å². The molecule has 6 heteroatoms. The Morgan fingerprint density at radius 3 is 2.46 bits per heavy atom. The van der Waals surface area contributed by atoms with E-state index in [4.69, 9.17) is 4.74 Å². The second kappa shape index (κ2) is 9.64. The third-order valence-electron chi connectivity index (χ3n) is 3.34. The summed E-state index contributed by atoms with van der Waals surface area (Å²) in [5.74, 6) is -0.606. The molecule has 134 valence electrons. The second-order valence-corrected chi connectivity index (χ2v) is 6.83. The molecule has 1 N–H and O–H groups in total. The summed E-state index contributed by atoms with van der Waals surface area (Å²) in [5, 5.41) is 12.0. The maximum Gasteiger partial charge on any atom is 0.307 e. The van der Waals surface area contributed by atoms with Crippen molar-refractivity contribution in [2.24, 2.45) is 0 Å². The van der Waals surface area contributed by atoms with E-state index in [1.54, 1.807) is 38.1 Å². The maximum absolute atomic E-state index is 12.5. The van der Waals surface area contributed by atoms with E-state index in [0.717, 1.165) is 9.79 Å². The molecule has 0 saturated carbocycles. The molecule has 0 aromatic heterocycles. The highest BCUT2D eigenvalue weighted by atomic mass is 32.2. The zero-order valence-corrected chi connectivity index (χ0v) is 15.5. The summed E-state index contributed by atoms with van der Waals surface area (Å²) in [4.78, 5) is 25.5. The molecular formula is C20H20N2O3S. The lowest BCUT2D eigenvalue weighted by atomic mass is 10.2. The Morgan fingerprint density at radius 2 is 1.77 bits per heavy atom. The number of nitrogens with one attached hydrogen (secondary N) is 1.